The van der Waals surface area contributed by atoms with Crippen LogP contribution in [0.5, 0.6) is 5.75 Å². The first kappa shape index (κ1) is 23.4. The second-order valence-electron chi connectivity index (χ2n) is 10.3. The Hall–Kier alpha value is -4.75. The number of halogens is 1. The molecule has 0 saturated carbocycles. The summed E-state index contributed by atoms with van der Waals surface area (Å²) in [5, 5.41) is 28.1. The van der Waals surface area contributed by atoms with Gasteiger partial charge < -0.3 is 15.0 Å². The fourth-order valence-electron chi connectivity index (χ4n) is 5.90. The van der Waals surface area contributed by atoms with Gasteiger partial charge in [0.1, 0.15) is 34.8 Å². The molecule has 2 bridgehead atoms. The standard InChI is InChI=1S/C29H25FN8O/c1-16-6-25(36-35-16)24-9-23-28(19(10-31)12-33-29(23)34-24)17-2-5-27(32-11-17)37-14-21-8-22(15-37)38(21)13-18-7-20(30)3-4-26(18)39/h2-7,9,11-12,21-22,39H,8,13-15H2,1H3,(H,33,34)(H,35,36). The zero-order valence-corrected chi connectivity index (χ0v) is 21.2. The van der Waals surface area contributed by atoms with Gasteiger partial charge in [-0.15, -0.1) is 0 Å². The Morgan fingerprint density at radius 1 is 1.10 bits per heavy atom. The third-order valence-corrected chi connectivity index (χ3v) is 7.86. The van der Waals surface area contributed by atoms with E-state index in [2.05, 4.69) is 36.0 Å². The smallest absolute Gasteiger partial charge is 0.138 e. The second-order valence-corrected chi connectivity index (χ2v) is 10.3. The predicted octanol–water partition coefficient (Wildman–Crippen LogP) is 4.50. The highest BCUT2D eigenvalue weighted by Crippen LogP contribution is 2.38. The molecule has 3 aliphatic heterocycles. The van der Waals surface area contributed by atoms with E-state index in [0.717, 1.165) is 58.9 Å². The molecule has 3 saturated heterocycles. The number of fused-ring (bicyclic) bond motifs is 3. The predicted molar refractivity (Wildman–Crippen MR) is 144 cm³/mol. The first-order valence-corrected chi connectivity index (χ1v) is 12.9. The molecule has 5 aromatic rings. The van der Waals surface area contributed by atoms with Gasteiger partial charge in [-0.3, -0.25) is 10.00 Å². The normalized spacial score (nSPS) is 18.7. The van der Waals surface area contributed by atoms with Gasteiger partial charge in [0, 0.05) is 71.9 Å². The highest BCUT2D eigenvalue weighted by atomic mass is 19.1. The molecule has 7 heterocycles. The van der Waals surface area contributed by atoms with E-state index in [9.17, 15) is 14.8 Å². The Morgan fingerprint density at radius 2 is 1.95 bits per heavy atom. The number of piperidine rings is 1. The van der Waals surface area contributed by atoms with Crippen LogP contribution in [0.3, 0.4) is 0 Å². The number of aromatic hydroxyl groups is 1. The summed E-state index contributed by atoms with van der Waals surface area (Å²) in [6.07, 6.45) is 4.49. The molecule has 0 amide bonds. The van der Waals surface area contributed by atoms with E-state index in [-0.39, 0.29) is 11.6 Å². The van der Waals surface area contributed by atoms with Crippen molar-refractivity contribution >= 4 is 16.9 Å². The molecule has 4 aromatic heterocycles. The van der Waals surface area contributed by atoms with Crippen LogP contribution >= 0.6 is 0 Å². The third kappa shape index (κ3) is 3.99. The summed E-state index contributed by atoms with van der Waals surface area (Å²) in [6.45, 7) is 4.10. The maximum Gasteiger partial charge on any atom is 0.138 e. The number of phenolic OH excluding ortho intramolecular Hbond substituents is 1. The summed E-state index contributed by atoms with van der Waals surface area (Å²) >= 11 is 0. The Kier molecular flexibility index (Phi) is 5.35. The number of piperazine rings is 1. The van der Waals surface area contributed by atoms with Gasteiger partial charge in [-0.05, 0) is 55.8 Å². The van der Waals surface area contributed by atoms with E-state index >= 15 is 0 Å². The van der Waals surface area contributed by atoms with Gasteiger partial charge in [0.2, 0.25) is 0 Å². The second kappa shape index (κ2) is 8.92. The molecular formula is C29H25FN8O. The van der Waals surface area contributed by atoms with Crippen LogP contribution in [0.25, 0.3) is 33.5 Å². The molecule has 3 aliphatic rings. The maximum absolute atomic E-state index is 13.7. The molecule has 3 fully saturated rings. The van der Waals surface area contributed by atoms with Crippen LogP contribution in [0.2, 0.25) is 0 Å². The van der Waals surface area contributed by atoms with Crippen molar-refractivity contribution in [2.75, 3.05) is 18.0 Å². The third-order valence-electron chi connectivity index (χ3n) is 7.86. The lowest BCUT2D eigenvalue weighted by Gasteiger charge is -2.56. The van der Waals surface area contributed by atoms with Gasteiger partial charge in [0.05, 0.1) is 11.3 Å². The fraction of sp³-hybridized carbons (Fsp3) is 0.241. The minimum Gasteiger partial charge on any atom is -0.508 e. The van der Waals surface area contributed by atoms with E-state index < -0.39 is 0 Å². The number of benzene rings is 1. The van der Waals surface area contributed by atoms with Crippen molar-refractivity contribution in [3.63, 3.8) is 0 Å². The molecule has 3 N–H and O–H groups in total. The summed E-state index contributed by atoms with van der Waals surface area (Å²) in [4.78, 5) is 17.2. The van der Waals surface area contributed by atoms with Crippen LogP contribution in [-0.4, -0.2) is 60.3 Å². The number of aryl methyl sites for hydroxylation is 1. The molecule has 194 valence electrons. The molecule has 2 atom stereocenters. The Balaban J connectivity index is 1.13. The number of phenols is 1. The van der Waals surface area contributed by atoms with Crippen molar-refractivity contribution in [1.82, 2.24) is 30.0 Å². The Morgan fingerprint density at radius 3 is 2.67 bits per heavy atom. The van der Waals surface area contributed by atoms with Crippen LogP contribution < -0.4 is 4.90 Å². The topological polar surface area (TPSA) is 121 Å². The van der Waals surface area contributed by atoms with Crippen LogP contribution in [0.1, 0.15) is 23.2 Å². The highest BCUT2D eigenvalue weighted by Gasteiger charge is 2.44. The number of nitriles is 1. The zero-order valence-electron chi connectivity index (χ0n) is 21.2. The number of rotatable bonds is 5. The van der Waals surface area contributed by atoms with Gasteiger partial charge in [-0.2, -0.15) is 10.4 Å². The van der Waals surface area contributed by atoms with Gasteiger partial charge in [-0.1, -0.05) is 0 Å². The van der Waals surface area contributed by atoms with Crippen LogP contribution in [-0.2, 0) is 6.54 Å². The van der Waals surface area contributed by atoms with E-state index in [4.69, 9.17) is 4.98 Å². The van der Waals surface area contributed by atoms with Crippen molar-refractivity contribution in [2.45, 2.75) is 32.0 Å². The summed E-state index contributed by atoms with van der Waals surface area (Å²) in [5.74, 6) is 0.677. The minimum absolute atomic E-state index is 0.131. The number of anilines is 1. The van der Waals surface area contributed by atoms with Crippen molar-refractivity contribution < 1.29 is 9.50 Å². The number of aromatic amines is 2. The van der Waals surface area contributed by atoms with E-state index in [1.807, 2.05) is 37.4 Å². The summed E-state index contributed by atoms with van der Waals surface area (Å²) in [7, 11) is 0. The van der Waals surface area contributed by atoms with E-state index in [1.165, 1.54) is 18.2 Å². The quantitative estimate of drug-likeness (QED) is 0.312. The van der Waals surface area contributed by atoms with Gasteiger partial charge in [0.25, 0.3) is 0 Å². The van der Waals surface area contributed by atoms with Crippen molar-refractivity contribution in [1.29, 1.82) is 5.26 Å². The molecule has 0 aliphatic carbocycles. The lowest BCUT2D eigenvalue weighted by atomic mass is 9.86. The monoisotopic (exact) mass is 520 g/mol. The molecule has 39 heavy (non-hydrogen) atoms. The minimum atomic E-state index is -0.336. The highest BCUT2D eigenvalue weighted by molar-refractivity contribution is 5.98. The molecule has 2 unspecified atom stereocenters. The molecule has 10 heteroatoms. The van der Waals surface area contributed by atoms with Gasteiger partial charge >= 0.3 is 0 Å². The number of nitrogens with zero attached hydrogens (tertiary/aromatic N) is 6. The number of hydrogen-bond donors (Lipinski definition) is 3. The average Bonchev–Trinajstić information content (AvgIpc) is 3.59. The lowest BCUT2D eigenvalue weighted by Crippen LogP contribution is -2.68. The van der Waals surface area contributed by atoms with E-state index in [0.29, 0.717) is 35.4 Å². The molecule has 0 spiro atoms. The molecule has 0 radical (unpaired) electrons. The largest absolute Gasteiger partial charge is 0.508 e. The number of pyridine rings is 2. The Labute approximate surface area is 223 Å². The number of H-pyrrole nitrogens is 2. The summed E-state index contributed by atoms with van der Waals surface area (Å²) in [5.41, 5.74) is 5.99. The first-order chi connectivity index (χ1) is 19.0. The van der Waals surface area contributed by atoms with Crippen LogP contribution in [0.15, 0.2) is 54.9 Å². The average molecular weight is 521 g/mol. The van der Waals surface area contributed by atoms with E-state index in [1.54, 1.807) is 6.20 Å². The maximum atomic E-state index is 13.7. The van der Waals surface area contributed by atoms with Crippen LogP contribution in [0.4, 0.5) is 10.2 Å². The fourth-order valence-corrected chi connectivity index (χ4v) is 5.90. The summed E-state index contributed by atoms with van der Waals surface area (Å²) < 4.78 is 13.7. The Bertz CT molecular complexity index is 1740. The van der Waals surface area contributed by atoms with Crippen molar-refractivity contribution in [3.05, 3.63) is 77.5 Å². The van der Waals surface area contributed by atoms with Gasteiger partial charge in [-0.25, -0.2) is 14.4 Å². The molecule has 9 nitrogen and oxygen atoms in total. The first-order valence-electron chi connectivity index (χ1n) is 12.9. The molecule has 1 aromatic carbocycles. The SMILES string of the molecule is Cc1cc(-c2cc3c(-c4ccc(N5CC6CC(C5)N6Cc5cc(F)ccc5O)nc4)c(C#N)cnc3[nH]2)n[nH]1. The zero-order chi connectivity index (χ0) is 26.7. The summed E-state index contributed by atoms with van der Waals surface area (Å²) in [6, 6.07) is 15.0. The van der Waals surface area contributed by atoms with Crippen molar-refractivity contribution in [2.24, 2.45) is 0 Å². The number of hydrogen-bond acceptors (Lipinski definition) is 7. The van der Waals surface area contributed by atoms with Crippen molar-refractivity contribution in [3.8, 4) is 34.3 Å². The number of aromatic nitrogens is 5. The van der Waals surface area contributed by atoms with Crippen LogP contribution in [0, 0.1) is 24.1 Å². The molecular weight excluding hydrogens is 495 g/mol. The number of nitrogens with one attached hydrogen (secondary N) is 2. The van der Waals surface area contributed by atoms with Gasteiger partial charge in [0.15, 0.2) is 0 Å². The lowest BCUT2D eigenvalue weighted by molar-refractivity contribution is -0.00921. The molecule has 8 rings (SSSR count).